The third-order valence-corrected chi connectivity index (χ3v) is 5.95. The summed E-state index contributed by atoms with van der Waals surface area (Å²) in [6.45, 7) is 1.52. The van der Waals surface area contributed by atoms with E-state index < -0.39 is 24.5 Å². The minimum atomic E-state index is -1.14. The first-order valence-corrected chi connectivity index (χ1v) is 11.3. The predicted molar refractivity (Wildman–Crippen MR) is 128 cm³/mol. The maximum atomic E-state index is 12.0. The minimum absolute atomic E-state index is 0.299. The summed E-state index contributed by atoms with van der Waals surface area (Å²) in [5, 5.41) is 27.3. The van der Waals surface area contributed by atoms with Gasteiger partial charge in [0.2, 0.25) is 0 Å². The zero-order valence-electron chi connectivity index (χ0n) is 18.6. The van der Waals surface area contributed by atoms with Gasteiger partial charge in [-0.1, -0.05) is 11.6 Å². The maximum absolute atomic E-state index is 12.0. The van der Waals surface area contributed by atoms with Crippen molar-refractivity contribution >= 4 is 40.2 Å². The van der Waals surface area contributed by atoms with E-state index in [0.717, 1.165) is 0 Å². The van der Waals surface area contributed by atoms with E-state index in [9.17, 15) is 15.0 Å². The van der Waals surface area contributed by atoms with E-state index in [4.69, 9.17) is 22.1 Å². The van der Waals surface area contributed by atoms with Gasteiger partial charge in [-0.05, 0) is 50.3 Å². The van der Waals surface area contributed by atoms with Crippen LogP contribution < -0.4 is 16.4 Å². The molecule has 1 fully saturated rings. The van der Waals surface area contributed by atoms with E-state index in [1.54, 1.807) is 41.1 Å². The molecule has 0 bridgehead atoms. The molecule has 0 aliphatic carbocycles. The summed E-state index contributed by atoms with van der Waals surface area (Å²) in [5.74, 6) is 0. The Kier molecular flexibility index (Phi) is 7.49. The molecule has 11 nitrogen and oxygen atoms in total. The summed E-state index contributed by atoms with van der Waals surface area (Å²) in [6.07, 6.45) is 0.0980. The number of hydrogen-bond donors (Lipinski definition) is 5. The molecule has 4 rings (SSSR count). The summed E-state index contributed by atoms with van der Waals surface area (Å²) >= 11 is 5.84. The number of rotatable bonds is 8. The van der Waals surface area contributed by atoms with Gasteiger partial charge in [-0.2, -0.15) is 0 Å². The highest BCUT2D eigenvalue weighted by molar-refractivity contribution is 6.30. The van der Waals surface area contributed by atoms with Crippen molar-refractivity contribution in [2.24, 2.45) is 0 Å². The molecule has 1 saturated heterocycles. The number of nitrogen functional groups attached to an aromatic ring is 1. The zero-order valence-corrected chi connectivity index (χ0v) is 19.4. The first-order chi connectivity index (χ1) is 16.3. The molecular formula is C22H28ClN7O4. The number of fused-ring (bicyclic) bond motifs is 1. The van der Waals surface area contributed by atoms with Crippen LogP contribution in [0.1, 0.15) is 12.6 Å². The Morgan fingerprint density at radius 2 is 2.00 bits per heavy atom. The van der Waals surface area contributed by atoms with Gasteiger partial charge >= 0.3 is 6.03 Å². The highest BCUT2D eigenvalue weighted by Crippen LogP contribution is 2.32. The minimum Gasteiger partial charge on any atom is -0.397 e. The van der Waals surface area contributed by atoms with Crippen LogP contribution in [-0.2, 0) is 4.74 Å². The van der Waals surface area contributed by atoms with Gasteiger partial charge in [0, 0.05) is 30.0 Å². The molecule has 3 aromatic rings. The number of likely N-dealkylation sites (N-methyl/N-ethyl adjacent to an activating group) is 1. The normalized spacial score (nSPS) is 22.4. The number of amides is 2. The van der Waals surface area contributed by atoms with Crippen LogP contribution in [0.15, 0.2) is 42.9 Å². The van der Waals surface area contributed by atoms with Crippen molar-refractivity contribution in [3.8, 4) is 0 Å². The van der Waals surface area contributed by atoms with Gasteiger partial charge in [0.15, 0.2) is 11.9 Å². The average Bonchev–Trinajstić information content (AvgIpc) is 3.36. The Bertz CT molecular complexity index is 1130. The number of urea groups is 1. The lowest BCUT2D eigenvalue weighted by Crippen LogP contribution is -2.39. The van der Waals surface area contributed by atoms with Crippen molar-refractivity contribution in [1.29, 1.82) is 0 Å². The summed E-state index contributed by atoms with van der Waals surface area (Å²) in [6, 6.07) is 8.20. The smallest absolute Gasteiger partial charge is 0.319 e. The van der Waals surface area contributed by atoms with Crippen molar-refractivity contribution in [3.63, 3.8) is 0 Å². The summed E-state index contributed by atoms with van der Waals surface area (Å²) in [7, 11) is 1.89. The third kappa shape index (κ3) is 5.40. The Hall–Kier alpha value is -2.96. The van der Waals surface area contributed by atoms with Crippen molar-refractivity contribution in [3.05, 3.63) is 47.9 Å². The largest absolute Gasteiger partial charge is 0.397 e. The average molecular weight is 490 g/mol. The standard InChI is InChI=1S/C22H28ClN7O4/c1-29(10-2-8-26-22(33)28-14-5-3-13(23)4-6-14)11-16-18(31)19(32)21(34-16)30-12-27-17-15(24)7-9-25-20(17)30/h3-7,9,12,16,18-19,21,31-32H,2,8,10-11H2,1H3,(H2,24,25)(H2,26,28,33)/t16-,18-,19-,21-/m1/s1. The highest BCUT2D eigenvalue weighted by atomic mass is 35.5. The molecule has 4 atom stereocenters. The molecule has 0 saturated carbocycles. The predicted octanol–water partition coefficient (Wildman–Crippen LogP) is 1.43. The van der Waals surface area contributed by atoms with E-state index >= 15 is 0 Å². The maximum Gasteiger partial charge on any atom is 0.319 e. The quantitative estimate of drug-likeness (QED) is 0.298. The van der Waals surface area contributed by atoms with E-state index in [1.807, 2.05) is 11.9 Å². The molecule has 1 aliphatic rings. The number of aliphatic hydroxyl groups excluding tert-OH is 2. The molecule has 1 aromatic carbocycles. The van der Waals surface area contributed by atoms with Crippen LogP contribution in [0.4, 0.5) is 16.2 Å². The Morgan fingerprint density at radius 1 is 1.24 bits per heavy atom. The number of carbonyl (C=O) groups excluding carboxylic acids is 1. The number of aromatic nitrogens is 3. The van der Waals surface area contributed by atoms with Crippen molar-refractivity contribution in [2.45, 2.75) is 31.0 Å². The number of halogens is 1. The van der Waals surface area contributed by atoms with Gasteiger partial charge in [-0.25, -0.2) is 14.8 Å². The molecule has 12 heteroatoms. The topological polar surface area (TPSA) is 151 Å². The van der Waals surface area contributed by atoms with Crippen LogP contribution in [-0.4, -0.2) is 80.7 Å². The molecule has 2 amide bonds. The van der Waals surface area contributed by atoms with Crippen LogP contribution in [0.2, 0.25) is 5.02 Å². The lowest BCUT2D eigenvalue weighted by atomic mass is 10.1. The number of aliphatic hydroxyl groups is 2. The molecule has 0 radical (unpaired) electrons. The fourth-order valence-corrected chi connectivity index (χ4v) is 4.03. The number of carbonyl (C=O) groups is 1. The van der Waals surface area contributed by atoms with Crippen LogP contribution in [0, 0.1) is 0 Å². The molecular weight excluding hydrogens is 462 g/mol. The highest BCUT2D eigenvalue weighted by Gasteiger charge is 2.44. The number of nitrogens with one attached hydrogen (secondary N) is 2. The van der Waals surface area contributed by atoms with Crippen LogP contribution in [0.25, 0.3) is 11.2 Å². The number of pyridine rings is 1. The number of hydrogen-bond acceptors (Lipinski definition) is 8. The fourth-order valence-electron chi connectivity index (χ4n) is 3.91. The van der Waals surface area contributed by atoms with Gasteiger partial charge in [0.1, 0.15) is 23.8 Å². The Labute approximate surface area is 201 Å². The first-order valence-electron chi connectivity index (χ1n) is 10.9. The summed E-state index contributed by atoms with van der Waals surface area (Å²) in [4.78, 5) is 22.5. The van der Waals surface area contributed by atoms with E-state index in [1.165, 1.54) is 6.33 Å². The van der Waals surface area contributed by atoms with E-state index in [2.05, 4.69) is 20.6 Å². The number of ether oxygens (including phenoxy) is 1. The van der Waals surface area contributed by atoms with Crippen molar-refractivity contribution < 1.29 is 19.7 Å². The number of nitrogens with zero attached hydrogens (tertiary/aromatic N) is 4. The molecule has 0 spiro atoms. The first kappa shape index (κ1) is 24.2. The van der Waals surface area contributed by atoms with Gasteiger partial charge in [-0.3, -0.25) is 4.57 Å². The van der Waals surface area contributed by atoms with Gasteiger partial charge in [-0.15, -0.1) is 0 Å². The second-order valence-electron chi connectivity index (χ2n) is 8.27. The Morgan fingerprint density at radius 3 is 2.76 bits per heavy atom. The molecule has 2 aromatic heterocycles. The lowest BCUT2D eigenvalue weighted by Gasteiger charge is -2.22. The van der Waals surface area contributed by atoms with Gasteiger partial charge in [0.25, 0.3) is 0 Å². The number of imidazole rings is 1. The molecule has 3 heterocycles. The molecule has 6 N–H and O–H groups in total. The van der Waals surface area contributed by atoms with Crippen LogP contribution in [0.5, 0.6) is 0 Å². The molecule has 182 valence electrons. The monoisotopic (exact) mass is 489 g/mol. The number of nitrogens with two attached hydrogens (primary N) is 1. The summed E-state index contributed by atoms with van der Waals surface area (Å²) < 4.78 is 7.57. The SMILES string of the molecule is CN(CCCNC(=O)Nc1ccc(Cl)cc1)C[C@H]1O[C@@H](n2cnc3c(N)ccnc32)[C@H](O)[C@@H]1O. The van der Waals surface area contributed by atoms with E-state index in [-0.39, 0.29) is 6.03 Å². The Balaban J connectivity index is 1.24. The molecule has 34 heavy (non-hydrogen) atoms. The summed E-state index contributed by atoms with van der Waals surface area (Å²) in [5.41, 5.74) is 8.06. The molecule has 0 unspecified atom stereocenters. The van der Waals surface area contributed by atoms with Gasteiger partial charge in [0.05, 0.1) is 12.0 Å². The van der Waals surface area contributed by atoms with Crippen LogP contribution >= 0.6 is 11.6 Å². The molecule has 1 aliphatic heterocycles. The number of benzene rings is 1. The van der Waals surface area contributed by atoms with Gasteiger partial charge < -0.3 is 36.2 Å². The number of anilines is 2. The second-order valence-corrected chi connectivity index (χ2v) is 8.71. The van der Waals surface area contributed by atoms with Crippen molar-refractivity contribution in [1.82, 2.24) is 24.8 Å². The van der Waals surface area contributed by atoms with Crippen LogP contribution in [0.3, 0.4) is 0 Å². The van der Waals surface area contributed by atoms with E-state index in [0.29, 0.717) is 53.6 Å². The van der Waals surface area contributed by atoms with Crippen molar-refractivity contribution in [2.75, 3.05) is 37.7 Å². The second kappa shape index (κ2) is 10.5. The zero-order chi connectivity index (χ0) is 24.2. The third-order valence-electron chi connectivity index (χ3n) is 5.70. The lowest BCUT2D eigenvalue weighted by molar-refractivity contribution is -0.0421. The fraction of sp³-hybridized carbons (Fsp3) is 0.409.